The van der Waals surface area contributed by atoms with Gasteiger partial charge in [-0.3, -0.25) is 9.13 Å². The summed E-state index contributed by atoms with van der Waals surface area (Å²) in [5.41, 5.74) is 4.97. The number of hydrogen-bond acceptors (Lipinski definition) is 2. The second kappa shape index (κ2) is 5.76. The summed E-state index contributed by atoms with van der Waals surface area (Å²) in [7, 11) is 1.64. The van der Waals surface area contributed by atoms with Crippen LogP contribution in [0.15, 0.2) is 35.1 Å². The number of aryl methyl sites for hydroxylation is 3. The third kappa shape index (κ3) is 2.64. The average Bonchev–Trinajstić information content (AvgIpc) is 3.17. The highest BCUT2D eigenvalue weighted by Gasteiger charge is 2.57. The van der Waals surface area contributed by atoms with Crippen LogP contribution in [-0.4, -0.2) is 20.0 Å². The maximum Gasteiger partial charge on any atom is 0.330 e. The molecular formula is C20H21F2N3O. The molecule has 4 nitrogen and oxygen atoms in total. The normalized spacial score (nSPS) is 18.4. The van der Waals surface area contributed by atoms with E-state index in [4.69, 9.17) is 0 Å². The molecule has 1 fully saturated rings. The van der Waals surface area contributed by atoms with Crippen molar-refractivity contribution in [3.8, 4) is 11.3 Å². The zero-order valence-electron chi connectivity index (χ0n) is 15.1. The third-order valence-corrected chi connectivity index (χ3v) is 5.33. The molecule has 0 spiro atoms. The Morgan fingerprint density at radius 1 is 1.27 bits per heavy atom. The molecule has 2 heterocycles. The van der Waals surface area contributed by atoms with Crippen molar-refractivity contribution in [1.82, 2.24) is 14.1 Å². The van der Waals surface area contributed by atoms with Crippen LogP contribution in [0, 0.1) is 12.8 Å². The van der Waals surface area contributed by atoms with Crippen LogP contribution in [0.3, 0.4) is 0 Å². The fourth-order valence-corrected chi connectivity index (χ4v) is 3.45. The number of pyridine rings is 1. The molecule has 1 unspecified atom stereocenters. The summed E-state index contributed by atoms with van der Waals surface area (Å²) in [5, 5.41) is 0. The van der Waals surface area contributed by atoms with Gasteiger partial charge in [0.05, 0.1) is 11.2 Å². The summed E-state index contributed by atoms with van der Waals surface area (Å²) in [6.45, 7) is 4.16. The summed E-state index contributed by atoms with van der Waals surface area (Å²) in [6, 6.07) is 9.96. The van der Waals surface area contributed by atoms with Gasteiger partial charge in [0.15, 0.2) is 5.65 Å². The van der Waals surface area contributed by atoms with Crippen molar-refractivity contribution in [3.05, 3.63) is 51.9 Å². The van der Waals surface area contributed by atoms with Gasteiger partial charge in [-0.1, -0.05) is 19.1 Å². The van der Waals surface area contributed by atoms with Crippen molar-refractivity contribution < 1.29 is 8.78 Å². The van der Waals surface area contributed by atoms with Gasteiger partial charge >= 0.3 is 5.69 Å². The summed E-state index contributed by atoms with van der Waals surface area (Å²) >= 11 is 0. The molecule has 6 heteroatoms. The lowest BCUT2D eigenvalue weighted by molar-refractivity contribution is 0.0951. The standard InChI is InChI=1S/C20H21F2N3O/c1-4-13-6-5-12(2)15(9-13)16-7-8-17-18(23-16)24(3)19(26)25(17)11-14-10-20(14,21)22/h5-9,14H,4,10-11H2,1-3H3. The molecule has 0 N–H and O–H groups in total. The Labute approximate surface area is 150 Å². The Morgan fingerprint density at radius 2 is 2.00 bits per heavy atom. The smallest absolute Gasteiger partial charge is 0.290 e. The molecule has 1 aromatic carbocycles. The van der Waals surface area contributed by atoms with E-state index < -0.39 is 11.8 Å². The molecule has 2 aromatic heterocycles. The molecule has 0 saturated heterocycles. The predicted octanol–water partition coefficient (Wildman–Crippen LogP) is 3.93. The summed E-state index contributed by atoms with van der Waals surface area (Å²) < 4.78 is 29.4. The number of rotatable bonds is 4. The van der Waals surface area contributed by atoms with Gasteiger partial charge in [0, 0.05) is 31.5 Å². The number of nitrogens with zero attached hydrogens (tertiary/aromatic N) is 3. The Hall–Kier alpha value is -2.50. The van der Waals surface area contributed by atoms with Crippen molar-refractivity contribution >= 4 is 11.2 Å². The van der Waals surface area contributed by atoms with E-state index in [1.165, 1.54) is 14.7 Å². The average molecular weight is 357 g/mol. The van der Waals surface area contributed by atoms with Gasteiger partial charge in [-0.05, 0) is 42.7 Å². The van der Waals surface area contributed by atoms with Crippen LogP contribution in [0.25, 0.3) is 22.4 Å². The number of hydrogen-bond donors (Lipinski definition) is 0. The number of alkyl halides is 2. The van der Waals surface area contributed by atoms with Crippen molar-refractivity contribution in [2.75, 3.05) is 0 Å². The Morgan fingerprint density at radius 3 is 2.65 bits per heavy atom. The van der Waals surface area contributed by atoms with E-state index in [0.29, 0.717) is 11.2 Å². The minimum Gasteiger partial charge on any atom is -0.290 e. The largest absolute Gasteiger partial charge is 0.330 e. The van der Waals surface area contributed by atoms with Gasteiger partial charge in [0.1, 0.15) is 0 Å². The zero-order valence-corrected chi connectivity index (χ0v) is 15.1. The van der Waals surface area contributed by atoms with Gasteiger partial charge in [-0.2, -0.15) is 0 Å². The fourth-order valence-electron chi connectivity index (χ4n) is 3.45. The first-order valence-electron chi connectivity index (χ1n) is 8.86. The van der Waals surface area contributed by atoms with Crippen molar-refractivity contribution in [3.63, 3.8) is 0 Å². The molecule has 1 atom stereocenters. The second-order valence-corrected chi connectivity index (χ2v) is 7.16. The quantitative estimate of drug-likeness (QED) is 0.710. The number of fused-ring (bicyclic) bond motifs is 1. The maximum absolute atomic E-state index is 13.3. The lowest BCUT2D eigenvalue weighted by Crippen LogP contribution is -2.23. The maximum atomic E-state index is 13.3. The van der Waals surface area contributed by atoms with Crippen LogP contribution in [-0.2, 0) is 20.0 Å². The summed E-state index contributed by atoms with van der Waals surface area (Å²) in [4.78, 5) is 17.2. The van der Waals surface area contributed by atoms with Crippen molar-refractivity contribution in [2.45, 2.75) is 39.2 Å². The van der Waals surface area contributed by atoms with Crippen LogP contribution >= 0.6 is 0 Å². The van der Waals surface area contributed by atoms with Gasteiger partial charge in [0.2, 0.25) is 0 Å². The minimum absolute atomic E-state index is 0.0363. The van der Waals surface area contributed by atoms with E-state index in [-0.39, 0.29) is 18.7 Å². The fraction of sp³-hybridized carbons (Fsp3) is 0.400. The van der Waals surface area contributed by atoms with E-state index in [2.05, 4.69) is 30.1 Å². The van der Waals surface area contributed by atoms with Gasteiger partial charge in [-0.25, -0.2) is 18.6 Å². The van der Waals surface area contributed by atoms with Crippen LogP contribution in [0.1, 0.15) is 24.5 Å². The van der Waals surface area contributed by atoms with Crippen LogP contribution in [0.5, 0.6) is 0 Å². The highest BCUT2D eigenvalue weighted by molar-refractivity contribution is 5.77. The molecule has 0 radical (unpaired) electrons. The van der Waals surface area contributed by atoms with E-state index in [1.54, 1.807) is 7.05 Å². The molecule has 136 valence electrons. The first-order valence-corrected chi connectivity index (χ1v) is 8.86. The number of aromatic nitrogens is 3. The molecule has 0 aliphatic heterocycles. The number of imidazole rings is 1. The minimum atomic E-state index is -2.65. The van der Waals surface area contributed by atoms with E-state index in [1.807, 2.05) is 19.1 Å². The summed E-state index contributed by atoms with van der Waals surface area (Å²) in [6.07, 6.45) is 0.782. The SMILES string of the molecule is CCc1ccc(C)c(-c2ccc3c(n2)n(C)c(=O)n3CC2CC2(F)F)c1. The number of halogens is 2. The zero-order chi connectivity index (χ0) is 18.6. The lowest BCUT2D eigenvalue weighted by atomic mass is 10.0. The van der Waals surface area contributed by atoms with Crippen LogP contribution in [0.4, 0.5) is 8.78 Å². The van der Waals surface area contributed by atoms with Crippen molar-refractivity contribution in [2.24, 2.45) is 13.0 Å². The molecule has 1 aliphatic carbocycles. The predicted molar refractivity (Wildman–Crippen MR) is 97.6 cm³/mol. The highest BCUT2D eigenvalue weighted by Crippen LogP contribution is 2.49. The summed E-state index contributed by atoms with van der Waals surface area (Å²) in [5.74, 6) is -3.40. The molecule has 0 bridgehead atoms. The van der Waals surface area contributed by atoms with E-state index in [9.17, 15) is 13.6 Å². The Kier molecular flexibility index (Phi) is 3.75. The third-order valence-electron chi connectivity index (χ3n) is 5.33. The first-order chi connectivity index (χ1) is 12.3. The van der Waals surface area contributed by atoms with Crippen LogP contribution < -0.4 is 5.69 Å². The molecule has 3 aromatic rings. The molecule has 4 rings (SSSR count). The topological polar surface area (TPSA) is 39.8 Å². The van der Waals surface area contributed by atoms with E-state index in [0.717, 1.165) is 23.2 Å². The van der Waals surface area contributed by atoms with Gasteiger partial charge < -0.3 is 0 Å². The molecular weight excluding hydrogens is 336 g/mol. The lowest BCUT2D eigenvalue weighted by Gasteiger charge is -2.08. The van der Waals surface area contributed by atoms with E-state index >= 15 is 0 Å². The van der Waals surface area contributed by atoms with Crippen LogP contribution in [0.2, 0.25) is 0 Å². The number of benzene rings is 1. The molecule has 1 aliphatic rings. The Balaban J connectivity index is 1.82. The molecule has 1 saturated carbocycles. The monoisotopic (exact) mass is 357 g/mol. The second-order valence-electron chi connectivity index (χ2n) is 7.16. The first kappa shape index (κ1) is 16.9. The van der Waals surface area contributed by atoms with Crippen molar-refractivity contribution in [1.29, 1.82) is 0 Å². The van der Waals surface area contributed by atoms with Gasteiger partial charge in [-0.15, -0.1) is 0 Å². The Bertz CT molecular complexity index is 1060. The van der Waals surface area contributed by atoms with Gasteiger partial charge in [0.25, 0.3) is 5.92 Å². The highest BCUT2D eigenvalue weighted by atomic mass is 19.3. The molecule has 26 heavy (non-hydrogen) atoms. The molecule has 0 amide bonds.